The van der Waals surface area contributed by atoms with Gasteiger partial charge < -0.3 is 19.4 Å². The predicted molar refractivity (Wildman–Crippen MR) is 90.4 cm³/mol. The monoisotopic (exact) mass is 334 g/mol. The molecule has 3 aromatic rings. The molecular formula is C18H14N4O3. The number of hydrogen-bond donors (Lipinski definition) is 1. The van der Waals surface area contributed by atoms with E-state index in [1.54, 1.807) is 24.3 Å². The number of imidazole rings is 1. The molecule has 1 N–H and O–H groups in total. The second-order valence-electron chi connectivity index (χ2n) is 5.64. The third kappa shape index (κ3) is 2.64. The molecule has 7 nitrogen and oxygen atoms in total. The molecule has 0 saturated heterocycles. The molecule has 4 rings (SSSR count). The van der Waals surface area contributed by atoms with Gasteiger partial charge in [-0.2, -0.15) is 5.26 Å². The van der Waals surface area contributed by atoms with Crippen LogP contribution in [0.2, 0.25) is 0 Å². The van der Waals surface area contributed by atoms with Gasteiger partial charge in [0.1, 0.15) is 18.4 Å². The SMILES string of the molecule is Cc1nc2cc3c(cc2n1CC(=O)Nc1ccccc1C#N)OCO3. The maximum Gasteiger partial charge on any atom is 0.244 e. The Morgan fingerprint density at radius 3 is 2.88 bits per heavy atom. The second kappa shape index (κ2) is 5.83. The van der Waals surface area contributed by atoms with Crippen LogP contribution in [0.4, 0.5) is 5.69 Å². The normalized spacial score (nSPS) is 12.2. The molecule has 0 atom stereocenters. The largest absolute Gasteiger partial charge is 0.454 e. The molecule has 0 aliphatic carbocycles. The number of aryl methyl sites for hydroxylation is 1. The number of nitriles is 1. The number of amides is 1. The van der Waals surface area contributed by atoms with Gasteiger partial charge in [0, 0.05) is 12.1 Å². The van der Waals surface area contributed by atoms with Gasteiger partial charge in [0.05, 0.1) is 22.3 Å². The van der Waals surface area contributed by atoms with Crippen LogP contribution in [0, 0.1) is 18.3 Å². The van der Waals surface area contributed by atoms with Crippen LogP contribution in [0.3, 0.4) is 0 Å². The zero-order valence-electron chi connectivity index (χ0n) is 13.4. The molecule has 0 unspecified atom stereocenters. The molecule has 2 aromatic carbocycles. The number of para-hydroxylation sites is 1. The van der Waals surface area contributed by atoms with E-state index in [-0.39, 0.29) is 19.2 Å². The molecule has 2 heterocycles. The summed E-state index contributed by atoms with van der Waals surface area (Å²) in [5.74, 6) is 1.78. The highest BCUT2D eigenvalue weighted by atomic mass is 16.7. The highest BCUT2D eigenvalue weighted by molar-refractivity contribution is 5.93. The van der Waals surface area contributed by atoms with Crippen molar-refractivity contribution in [2.75, 3.05) is 12.1 Å². The molecule has 124 valence electrons. The van der Waals surface area contributed by atoms with Crippen LogP contribution in [-0.2, 0) is 11.3 Å². The van der Waals surface area contributed by atoms with Gasteiger partial charge >= 0.3 is 0 Å². The molecule has 1 aromatic heterocycles. The van der Waals surface area contributed by atoms with Crippen molar-refractivity contribution in [3.05, 3.63) is 47.8 Å². The van der Waals surface area contributed by atoms with Crippen molar-refractivity contribution in [2.45, 2.75) is 13.5 Å². The van der Waals surface area contributed by atoms with E-state index >= 15 is 0 Å². The Labute approximate surface area is 143 Å². The number of carbonyl (C=O) groups excluding carboxylic acids is 1. The van der Waals surface area contributed by atoms with Crippen molar-refractivity contribution >= 4 is 22.6 Å². The maximum absolute atomic E-state index is 12.5. The summed E-state index contributed by atoms with van der Waals surface area (Å²) in [7, 11) is 0. The minimum atomic E-state index is -0.234. The first-order chi connectivity index (χ1) is 12.2. The quantitative estimate of drug-likeness (QED) is 0.795. The van der Waals surface area contributed by atoms with E-state index in [1.807, 2.05) is 23.6 Å². The van der Waals surface area contributed by atoms with E-state index in [1.165, 1.54) is 0 Å². The Kier molecular flexibility index (Phi) is 3.51. The van der Waals surface area contributed by atoms with E-state index in [0.717, 1.165) is 11.0 Å². The van der Waals surface area contributed by atoms with Crippen molar-refractivity contribution in [3.63, 3.8) is 0 Å². The summed E-state index contributed by atoms with van der Waals surface area (Å²) in [6.45, 7) is 2.11. The highest BCUT2D eigenvalue weighted by Crippen LogP contribution is 2.36. The first-order valence-corrected chi connectivity index (χ1v) is 7.71. The lowest BCUT2D eigenvalue weighted by Gasteiger charge is -2.09. The fraction of sp³-hybridized carbons (Fsp3) is 0.167. The number of hydrogen-bond acceptors (Lipinski definition) is 5. The summed E-state index contributed by atoms with van der Waals surface area (Å²) >= 11 is 0. The lowest BCUT2D eigenvalue weighted by Crippen LogP contribution is -2.20. The number of aromatic nitrogens is 2. The van der Waals surface area contributed by atoms with Crippen LogP contribution < -0.4 is 14.8 Å². The lowest BCUT2D eigenvalue weighted by molar-refractivity contribution is -0.116. The van der Waals surface area contributed by atoms with E-state index in [4.69, 9.17) is 14.7 Å². The van der Waals surface area contributed by atoms with Crippen LogP contribution in [0.1, 0.15) is 11.4 Å². The van der Waals surface area contributed by atoms with Gasteiger partial charge in [0.2, 0.25) is 12.7 Å². The standard InChI is InChI=1S/C18H14N4O3/c1-11-20-14-6-16-17(25-10-24-16)7-15(14)22(11)9-18(23)21-13-5-3-2-4-12(13)8-19/h2-7H,9-10H2,1H3,(H,21,23). The number of anilines is 1. The van der Waals surface area contributed by atoms with E-state index in [9.17, 15) is 4.79 Å². The Morgan fingerprint density at radius 1 is 1.32 bits per heavy atom. The fourth-order valence-electron chi connectivity index (χ4n) is 2.86. The Morgan fingerprint density at radius 2 is 2.08 bits per heavy atom. The van der Waals surface area contributed by atoms with Crippen molar-refractivity contribution in [2.24, 2.45) is 0 Å². The molecular weight excluding hydrogens is 320 g/mol. The van der Waals surface area contributed by atoms with Gasteiger partial charge in [0.15, 0.2) is 11.5 Å². The van der Waals surface area contributed by atoms with Gasteiger partial charge in [-0.05, 0) is 19.1 Å². The van der Waals surface area contributed by atoms with E-state index in [0.29, 0.717) is 28.6 Å². The number of carbonyl (C=O) groups is 1. The average molecular weight is 334 g/mol. The minimum Gasteiger partial charge on any atom is -0.454 e. The van der Waals surface area contributed by atoms with E-state index < -0.39 is 0 Å². The van der Waals surface area contributed by atoms with Crippen LogP contribution in [-0.4, -0.2) is 22.3 Å². The fourth-order valence-corrected chi connectivity index (χ4v) is 2.86. The molecule has 1 aliphatic rings. The number of benzene rings is 2. The van der Waals surface area contributed by atoms with Crippen molar-refractivity contribution < 1.29 is 14.3 Å². The van der Waals surface area contributed by atoms with Crippen molar-refractivity contribution in [1.29, 1.82) is 5.26 Å². The summed E-state index contributed by atoms with van der Waals surface area (Å²) in [6.07, 6.45) is 0. The number of nitrogens with one attached hydrogen (secondary N) is 1. The molecule has 0 saturated carbocycles. The summed E-state index contributed by atoms with van der Waals surface area (Å²) in [6, 6.07) is 12.6. The third-order valence-corrected chi connectivity index (χ3v) is 4.06. The number of fused-ring (bicyclic) bond motifs is 2. The van der Waals surface area contributed by atoms with Crippen molar-refractivity contribution in [1.82, 2.24) is 9.55 Å². The minimum absolute atomic E-state index is 0.0851. The first-order valence-electron chi connectivity index (χ1n) is 7.71. The average Bonchev–Trinajstić information content (AvgIpc) is 3.17. The van der Waals surface area contributed by atoms with Crippen LogP contribution >= 0.6 is 0 Å². The number of nitrogens with zero attached hydrogens (tertiary/aromatic N) is 3. The first kappa shape index (κ1) is 15.0. The zero-order valence-corrected chi connectivity index (χ0v) is 13.4. The lowest BCUT2D eigenvalue weighted by atomic mass is 10.2. The van der Waals surface area contributed by atoms with Gasteiger partial charge in [-0.15, -0.1) is 0 Å². The Balaban J connectivity index is 1.63. The smallest absolute Gasteiger partial charge is 0.244 e. The van der Waals surface area contributed by atoms with Gasteiger partial charge in [-0.25, -0.2) is 4.98 Å². The molecule has 1 amide bonds. The molecule has 0 spiro atoms. The van der Waals surface area contributed by atoms with Crippen LogP contribution in [0.25, 0.3) is 11.0 Å². The summed E-state index contributed by atoms with van der Waals surface area (Å²) in [5, 5.41) is 11.9. The Hall–Kier alpha value is -3.53. The third-order valence-electron chi connectivity index (χ3n) is 4.06. The number of ether oxygens (including phenoxy) is 2. The molecule has 1 aliphatic heterocycles. The van der Waals surface area contributed by atoms with Gasteiger partial charge in [-0.3, -0.25) is 4.79 Å². The van der Waals surface area contributed by atoms with Crippen molar-refractivity contribution in [3.8, 4) is 17.6 Å². The van der Waals surface area contributed by atoms with E-state index in [2.05, 4.69) is 16.4 Å². The molecule has 0 fully saturated rings. The molecule has 25 heavy (non-hydrogen) atoms. The molecule has 7 heteroatoms. The summed E-state index contributed by atoms with van der Waals surface area (Å²) in [5.41, 5.74) is 2.46. The molecule has 0 bridgehead atoms. The summed E-state index contributed by atoms with van der Waals surface area (Å²) < 4.78 is 12.6. The number of rotatable bonds is 3. The Bertz CT molecular complexity index is 1030. The van der Waals surface area contributed by atoms with Gasteiger partial charge in [0.25, 0.3) is 0 Å². The summed E-state index contributed by atoms with van der Waals surface area (Å²) in [4.78, 5) is 16.9. The van der Waals surface area contributed by atoms with Crippen LogP contribution in [0.5, 0.6) is 11.5 Å². The predicted octanol–water partition coefficient (Wildman–Crippen LogP) is 2.58. The zero-order chi connectivity index (χ0) is 17.4. The second-order valence-corrected chi connectivity index (χ2v) is 5.64. The highest BCUT2D eigenvalue weighted by Gasteiger charge is 2.19. The van der Waals surface area contributed by atoms with Crippen LogP contribution in [0.15, 0.2) is 36.4 Å². The molecule has 0 radical (unpaired) electrons. The topological polar surface area (TPSA) is 89.2 Å². The maximum atomic E-state index is 12.5. The van der Waals surface area contributed by atoms with Gasteiger partial charge in [-0.1, -0.05) is 12.1 Å².